The molecule has 0 aromatic carbocycles. The van der Waals surface area contributed by atoms with Gasteiger partial charge in [0.25, 0.3) is 0 Å². The molecule has 2 heteroatoms. The van der Waals surface area contributed by atoms with E-state index in [1.807, 2.05) is 0 Å². The third-order valence-corrected chi connectivity index (χ3v) is 3.68. The monoisotopic (exact) mass is 197 g/mol. The topological polar surface area (TPSA) is 21.3 Å². The first kappa shape index (κ1) is 10.4. The van der Waals surface area contributed by atoms with E-state index in [2.05, 4.69) is 5.48 Å². The van der Waals surface area contributed by atoms with Crippen molar-refractivity contribution in [2.75, 3.05) is 6.54 Å². The van der Waals surface area contributed by atoms with Crippen molar-refractivity contribution in [2.45, 2.75) is 63.9 Å². The van der Waals surface area contributed by atoms with E-state index in [1.54, 1.807) is 0 Å². The highest BCUT2D eigenvalue weighted by Crippen LogP contribution is 2.29. The van der Waals surface area contributed by atoms with E-state index in [1.165, 1.54) is 57.8 Å². The summed E-state index contributed by atoms with van der Waals surface area (Å²) < 4.78 is 0. The van der Waals surface area contributed by atoms with Crippen LogP contribution >= 0.6 is 0 Å². The van der Waals surface area contributed by atoms with Crippen molar-refractivity contribution in [3.8, 4) is 0 Å². The number of hydrogen-bond donors (Lipinski definition) is 1. The number of nitrogens with one attached hydrogen (secondary N) is 1. The minimum Gasteiger partial charge on any atom is -0.298 e. The first-order chi connectivity index (χ1) is 6.97. The van der Waals surface area contributed by atoms with Gasteiger partial charge in [0.15, 0.2) is 0 Å². The van der Waals surface area contributed by atoms with Gasteiger partial charge in [-0.1, -0.05) is 25.7 Å². The Morgan fingerprint density at radius 1 is 0.786 bits per heavy atom. The minimum atomic E-state index is 0.510. The van der Waals surface area contributed by atoms with E-state index in [0.29, 0.717) is 6.10 Å². The maximum atomic E-state index is 5.75. The van der Waals surface area contributed by atoms with Crippen molar-refractivity contribution in [1.29, 1.82) is 0 Å². The third-order valence-electron chi connectivity index (χ3n) is 3.68. The number of hydrogen-bond acceptors (Lipinski definition) is 2. The predicted octanol–water partition coefficient (Wildman–Crippen LogP) is 3.03. The Kier molecular flexibility index (Phi) is 4.26. The molecule has 1 heterocycles. The summed E-state index contributed by atoms with van der Waals surface area (Å²) in [5, 5.41) is 0. The van der Waals surface area contributed by atoms with Gasteiger partial charge >= 0.3 is 0 Å². The minimum absolute atomic E-state index is 0.510. The highest BCUT2D eigenvalue weighted by atomic mass is 16.7. The lowest BCUT2D eigenvalue weighted by atomic mass is 9.91. The van der Waals surface area contributed by atoms with Crippen LogP contribution in [0.2, 0.25) is 0 Å². The van der Waals surface area contributed by atoms with E-state index in [4.69, 9.17) is 4.84 Å². The average molecular weight is 197 g/mol. The fourth-order valence-corrected chi connectivity index (χ4v) is 2.78. The zero-order valence-corrected chi connectivity index (χ0v) is 9.13. The van der Waals surface area contributed by atoms with Gasteiger partial charge in [-0.15, -0.1) is 0 Å². The third kappa shape index (κ3) is 2.96. The first-order valence-corrected chi connectivity index (χ1v) is 6.35. The molecule has 1 unspecified atom stereocenters. The lowest BCUT2D eigenvalue weighted by Crippen LogP contribution is -2.28. The van der Waals surface area contributed by atoms with Crippen molar-refractivity contribution in [1.82, 2.24) is 5.48 Å². The fourth-order valence-electron chi connectivity index (χ4n) is 2.78. The van der Waals surface area contributed by atoms with Gasteiger partial charge in [-0.05, 0) is 38.0 Å². The Bertz CT molecular complexity index is 126. The SMILES string of the molecule is C1CCCC(C2CCCCNO2)CC1. The molecule has 1 aliphatic carbocycles. The van der Waals surface area contributed by atoms with Crippen LogP contribution in [0.1, 0.15) is 57.8 Å². The van der Waals surface area contributed by atoms with Crippen LogP contribution in [0, 0.1) is 5.92 Å². The summed E-state index contributed by atoms with van der Waals surface area (Å²) in [7, 11) is 0. The molecule has 0 amide bonds. The fraction of sp³-hybridized carbons (Fsp3) is 1.00. The van der Waals surface area contributed by atoms with Crippen molar-refractivity contribution in [2.24, 2.45) is 5.92 Å². The first-order valence-electron chi connectivity index (χ1n) is 6.35. The van der Waals surface area contributed by atoms with Crippen LogP contribution in [0.3, 0.4) is 0 Å². The van der Waals surface area contributed by atoms with Gasteiger partial charge in [-0.3, -0.25) is 4.84 Å². The lowest BCUT2D eigenvalue weighted by Gasteiger charge is -2.24. The maximum absolute atomic E-state index is 5.75. The van der Waals surface area contributed by atoms with Gasteiger partial charge in [-0.25, -0.2) is 5.48 Å². The molecule has 1 saturated carbocycles. The Morgan fingerprint density at radius 3 is 2.29 bits per heavy atom. The van der Waals surface area contributed by atoms with Gasteiger partial charge < -0.3 is 0 Å². The summed E-state index contributed by atoms with van der Waals surface area (Å²) in [6.45, 7) is 1.04. The molecule has 1 aliphatic heterocycles. The summed E-state index contributed by atoms with van der Waals surface area (Å²) in [6.07, 6.45) is 12.9. The van der Waals surface area contributed by atoms with Crippen molar-refractivity contribution >= 4 is 0 Å². The molecule has 82 valence electrons. The average Bonchev–Trinajstić information content (AvgIpc) is 2.62. The standard InChI is InChI=1S/C12H23NO/c1-2-4-8-11(7-3-1)12-9-5-6-10-13-14-12/h11-13H,1-10H2. The van der Waals surface area contributed by atoms with Gasteiger partial charge in [0, 0.05) is 6.54 Å². The molecule has 2 aliphatic rings. The Hall–Kier alpha value is -0.0800. The molecule has 14 heavy (non-hydrogen) atoms. The second-order valence-corrected chi connectivity index (χ2v) is 4.80. The summed E-state index contributed by atoms with van der Waals surface area (Å²) in [4.78, 5) is 5.75. The highest BCUT2D eigenvalue weighted by molar-refractivity contribution is 4.74. The van der Waals surface area contributed by atoms with Crippen LogP contribution < -0.4 is 5.48 Å². The second kappa shape index (κ2) is 5.72. The normalized spacial score (nSPS) is 32.1. The van der Waals surface area contributed by atoms with Crippen molar-refractivity contribution in [3.05, 3.63) is 0 Å². The van der Waals surface area contributed by atoms with Gasteiger partial charge in [0.2, 0.25) is 0 Å². The Labute approximate surface area is 87.4 Å². The van der Waals surface area contributed by atoms with Crippen LogP contribution in [0.4, 0.5) is 0 Å². The summed E-state index contributed by atoms with van der Waals surface area (Å²) in [5.41, 5.74) is 3.12. The molecule has 1 saturated heterocycles. The number of rotatable bonds is 1. The molecule has 2 nitrogen and oxygen atoms in total. The van der Waals surface area contributed by atoms with E-state index in [0.717, 1.165) is 12.5 Å². The van der Waals surface area contributed by atoms with Crippen LogP contribution in [0.5, 0.6) is 0 Å². The molecule has 0 aromatic heterocycles. The van der Waals surface area contributed by atoms with Crippen LogP contribution in [-0.4, -0.2) is 12.6 Å². The summed E-state index contributed by atoms with van der Waals surface area (Å²) >= 11 is 0. The molecule has 0 radical (unpaired) electrons. The lowest BCUT2D eigenvalue weighted by molar-refractivity contribution is -0.0514. The molecule has 0 bridgehead atoms. The van der Waals surface area contributed by atoms with E-state index in [-0.39, 0.29) is 0 Å². The van der Waals surface area contributed by atoms with Crippen LogP contribution in [-0.2, 0) is 4.84 Å². The smallest absolute Gasteiger partial charge is 0.0818 e. The zero-order chi connectivity index (χ0) is 9.64. The molecule has 0 aromatic rings. The highest BCUT2D eigenvalue weighted by Gasteiger charge is 2.24. The molecular weight excluding hydrogens is 174 g/mol. The van der Waals surface area contributed by atoms with Crippen molar-refractivity contribution in [3.63, 3.8) is 0 Å². The maximum Gasteiger partial charge on any atom is 0.0818 e. The molecule has 1 N–H and O–H groups in total. The Balaban J connectivity index is 1.83. The zero-order valence-electron chi connectivity index (χ0n) is 9.13. The van der Waals surface area contributed by atoms with Gasteiger partial charge in [-0.2, -0.15) is 0 Å². The largest absolute Gasteiger partial charge is 0.298 e. The van der Waals surface area contributed by atoms with Crippen LogP contribution in [0.15, 0.2) is 0 Å². The Morgan fingerprint density at radius 2 is 1.50 bits per heavy atom. The molecule has 0 spiro atoms. The van der Waals surface area contributed by atoms with E-state index >= 15 is 0 Å². The quantitative estimate of drug-likeness (QED) is 0.652. The molecular formula is C12H23NO. The molecule has 1 atom stereocenters. The molecule has 2 rings (SSSR count). The van der Waals surface area contributed by atoms with Crippen LogP contribution in [0.25, 0.3) is 0 Å². The van der Waals surface area contributed by atoms with E-state index < -0.39 is 0 Å². The molecule has 2 fully saturated rings. The summed E-state index contributed by atoms with van der Waals surface area (Å²) in [5.74, 6) is 0.836. The number of hydroxylamine groups is 1. The van der Waals surface area contributed by atoms with Gasteiger partial charge in [0.05, 0.1) is 6.10 Å². The predicted molar refractivity (Wildman–Crippen MR) is 57.9 cm³/mol. The van der Waals surface area contributed by atoms with E-state index in [9.17, 15) is 0 Å². The second-order valence-electron chi connectivity index (χ2n) is 4.80. The van der Waals surface area contributed by atoms with Crippen molar-refractivity contribution < 1.29 is 4.84 Å². The summed E-state index contributed by atoms with van der Waals surface area (Å²) in [6, 6.07) is 0. The van der Waals surface area contributed by atoms with Gasteiger partial charge in [0.1, 0.15) is 0 Å².